The van der Waals surface area contributed by atoms with Crippen LogP contribution in [-0.4, -0.2) is 40.5 Å². The number of rotatable bonds is 6. The maximum Gasteiger partial charge on any atom is 0.235 e. The van der Waals surface area contributed by atoms with E-state index in [-0.39, 0.29) is 35.7 Å². The molecule has 0 bridgehead atoms. The second-order valence-corrected chi connectivity index (χ2v) is 9.14. The molecule has 2 saturated heterocycles. The summed E-state index contributed by atoms with van der Waals surface area (Å²) in [6.45, 7) is 4.63. The van der Waals surface area contributed by atoms with E-state index < -0.39 is 5.92 Å². The van der Waals surface area contributed by atoms with Crippen LogP contribution in [0.1, 0.15) is 43.0 Å². The van der Waals surface area contributed by atoms with Crippen LogP contribution in [0.25, 0.3) is 0 Å². The number of likely N-dealkylation sites (tertiary alicyclic amines) is 2. The van der Waals surface area contributed by atoms with Crippen LogP contribution in [0.3, 0.4) is 0 Å². The van der Waals surface area contributed by atoms with Crippen molar-refractivity contribution in [1.82, 2.24) is 9.80 Å². The van der Waals surface area contributed by atoms with Gasteiger partial charge in [-0.05, 0) is 30.5 Å². The molecule has 2 amide bonds. The molecule has 3 N–H and O–H groups in total. The molecule has 0 aliphatic carbocycles. The Balaban J connectivity index is 1.70. The van der Waals surface area contributed by atoms with Gasteiger partial charge in [-0.25, -0.2) is 0 Å². The van der Waals surface area contributed by atoms with Crippen LogP contribution in [0.4, 0.5) is 0 Å². The zero-order valence-electron chi connectivity index (χ0n) is 18.3. The van der Waals surface area contributed by atoms with Gasteiger partial charge in [-0.15, -0.1) is 0 Å². The van der Waals surface area contributed by atoms with E-state index in [1.807, 2.05) is 61.6 Å². The summed E-state index contributed by atoms with van der Waals surface area (Å²) in [4.78, 5) is 30.7. The predicted molar refractivity (Wildman–Crippen MR) is 120 cm³/mol. The Morgan fingerprint density at radius 2 is 1.61 bits per heavy atom. The van der Waals surface area contributed by atoms with E-state index in [1.165, 1.54) is 4.90 Å². The second kappa shape index (κ2) is 8.27. The summed E-state index contributed by atoms with van der Waals surface area (Å²) in [7, 11) is 2.02. The summed E-state index contributed by atoms with van der Waals surface area (Å²) in [5.74, 6) is -0.438. The van der Waals surface area contributed by atoms with Crippen molar-refractivity contribution in [1.29, 1.82) is 5.41 Å². The van der Waals surface area contributed by atoms with E-state index in [2.05, 4.69) is 18.7 Å². The minimum absolute atomic E-state index is 0.0136. The topological polar surface area (TPSA) is 90.5 Å². The SMILES string of the molecule is CC(C)CC1C2C(=O)N(Cc3ccccc3)C(=O)C2C(c2ccc(C(=N)N)cc2)N1C. The molecule has 0 aromatic heterocycles. The fourth-order valence-corrected chi connectivity index (χ4v) is 5.24. The Bertz CT molecular complexity index is 986. The molecule has 0 spiro atoms. The number of nitrogens with zero attached hydrogens (tertiary/aromatic N) is 2. The largest absolute Gasteiger partial charge is 0.384 e. The molecule has 4 unspecified atom stereocenters. The number of nitrogens with two attached hydrogens (primary N) is 1. The fraction of sp³-hybridized carbons (Fsp3) is 0.400. The van der Waals surface area contributed by atoms with Crippen molar-refractivity contribution in [3.05, 3.63) is 71.3 Å². The van der Waals surface area contributed by atoms with Crippen LogP contribution in [0, 0.1) is 23.2 Å². The number of carbonyl (C=O) groups is 2. The Kier molecular flexibility index (Phi) is 5.67. The van der Waals surface area contributed by atoms with Crippen LogP contribution < -0.4 is 5.73 Å². The van der Waals surface area contributed by atoms with Crippen molar-refractivity contribution in [2.45, 2.75) is 38.9 Å². The highest BCUT2D eigenvalue weighted by Crippen LogP contribution is 2.50. The van der Waals surface area contributed by atoms with Gasteiger partial charge in [0, 0.05) is 17.6 Å². The molecule has 2 fully saturated rings. The summed E-state index contributed by atoms with van der Waals surface area (Å²) in [6.07, 6.45) is 0.859. The smallest absolute Gasteiger partial charge is 0.235 e. The minimum Gasteiger partial charge on any atom is -0.384 e. The Morgan fingerprint density at radius 1 is 1.00 bits per heavy atom. The number of fused-ring (bicyclic) bond motifs is 1. The average molecular weight is 419 g/mol. The summed E-state index contributed by atoms with van der Waals surface area (Å²) in [6, 6.07) is 17.0. The summed E-state index contributed by atoms with van der Waals surface area (Å²) >= 11 is 0. The molecule has 0 radical (unpaired) electrons. The Hall–Kier alpha value is -2.99. The Morgan fingerprint density at radius 3 is 2.19 bits per heavy atom. The lowest BCUT2D eigenvalue weighted by Gasteiger charge is -2.31. The van der Waals surface area contributed by atoms with E-state index in [0.717, 1.165) is 17.5 Å². The van der Waals surface area contributed by atoms with Gasteiger partial charge < -0.3 is 5.73 Å². The predicted octanol–water partition coefficient (Wildman–Crippen LogP) is 3.17. The molecule has 6 heteroatoms. The van der Waals surface area contributed by atoms with Crippen molar-refractivity contribution in [3.8, 4) is 0 Å². The van der Waals surface area contributed by atoms with Crippen molar-refractivity contribution < 1.29 is 9.59 Å². The number of carbonyl (C=O) groups excluding carboxylic acids is 2. The number of hydrogen-bond donors (Lipinski definition) is 2. The van der Waals surface area contributed by atoms with Crippen molar-refractivity contribution in [3.63, 3.8) is 0 Å². The Labute approximate surface area is 183 Å². The van der Waals surface area contributed by atoms with Gasteiger partial charge in [0.15, 0.2) is 0 Å². The lowest BCUT2D eigenvalue weighted by molar-refractivity contribution is -0.142. The van der Waals surface area contributed by atoms with Gasteiger partial charge in [0.2, 0.25) is 11.8 Å². The number of nitrogens with one attached hydrogen (secondary N) is 1. The van der Waals surface area contributed by atoms with E-state index in [9.17, 15) is 9.59 Å². The van der Waals surface area contributed by atoms with Gasteiger partial charge in [-0.3, -0.25) is 24.8 Å². The van der Waals surface area contributed by atoms with Gasteiger partial charge in [-0.1, -0.05) is 68.4 Å². The van der Waals surface area contributed by atoms with Crippen LogP contribution in [0.2, 0.25) is 0 Å². The molecule has 6 nitrogen and oxygen atoms in total. The maximum atomic E-state index is 13.6. The third-order valence-corrected chi connectivity index (χ3v) is 6.67. The molecule has 31 heavy (non-hydrogen) atoms. The number of benzene rings is 2. The van der Waals surface area contributed by atoms with E-state index in [0.29, 0.717) is 18.0 Å². The first-order chi connectivity index (χ1) is 14.8. The van der Waals surface area contributed by atoms with Crippen molar-refractivity contribution in [2.24, 2.45) is 23.5 Å². The van der Waals surface area contributed by atoms with Crippen LogP contribution in [-0.2, 0) is 16.1 Å². The van der Waals surface area contributed by atoms with Crippen molar-refractivity contribution in [2.75, 3.05) is 7.05 Å². The van der Waals surface area contributed by atoms with Crippen LogP contribution in [0.15, 0.2) is 54.6 Å². The van der Waals surface area contributed by atoms with Gasteiger partial charge in [0.25, 0.3) is 0 Å². The molecule has 2 aromatic rings. The molecule has 2 aliphatic heterocycles. The first kappa shape index (κ1) is 21.2. The van der Waals surface area contributed by atoms with Gasteiger partial charge in [-0.2, -0.15) is 0 Å². The van der Waals surface area contributed by atoms with Gasteiger partial charge >= 0.3 is 0 Å². The number of imide groups is 1. The van der Waals surface area contributed by atoms with E-state index >= 15 is 0 Å². The zero-order valence-corrected chi connectivity index (χ0v) is 18.3. The highest BCUT2D eigenvalue weighted by molar-refractivity contribution is 6.06. The molecule has 2 aliphatic rings. The van der Waals surface area contributed by atoms with Crippen LogP contribution >= 0.6 is 0 Å². The molecule has 0 saturated carbocycles. The van der Waals surface area contributed by atoms with E-state index in [4.69, 9.17) is 11.1 Å². The van der Waals surface area contributed by atoms with Gasteiger partial charge in [0.1, 0.15) is 5.84 Å². The molecule has 4 rings (SSSR count). The molecule has 2 heterocycles. The maximum absolute atomic E-state index is 13.6. The minimum atomic E-state index is -0.395. The average Bonchev–Trinajstić information content (AvgIpc) is 3.15. The van der Waals surface area contributed by atoms with E-state index in [1.54, 1.807) is 0 Å². The number of amides is 2. The summed E-state index contributed by atoms with van der Waals surface area (Å²) < 4.78 is 0. The van der Waals surface area contributed by atoms with Gasteiger partial charge in [0.05, 0.1) is 18.4 Å². The fourth-order valence-electron chi connectivity index (χ4n) is 5.24. The second-order valence-electron chi connectivity index (χ2n) is 9.14. The standard InChI is InChI=1S/C25H30N4O2/c1-15(2)13-19-20-21(22(28(19)3)17-9-11-18(12-10-17)23(26)27)25(31)29(24(20)30)14-16-7-5-4-6-8-16/h4-12,15,19-22H,13-14H2,1-3H3,(H3,26,27). The lowest BCUT2D eigenvalue weighted by Crippen LogP contribution is -2.40. The molecule has 162 valence electrons. The number of amidine groups is 1. The summed E-state index contributed by atoms with van der Waals surface area (Å²) in [5.41, 5.74) is 8.20. The molecule has 4 atom stereocenters. The number of hydrogen-bond acceptors (Lipinski definition) is 4. The zero-order chi connectivity index (χ0) is 22.3. The quantitative estimate of drug-likeness (QED) is 0.428. The highest BCUT2D eigenvalue weighted by atomic mass is 16.2. The monoisotopic (exact) mass is 418 g/mol. The third-order valence-electron chi connectivity index (χ3n) is 6.67. The van der Waals surface area contributed by atoms with Crippen molar-refractivity contribution >= 4 is 17.6 Å². The normalized spacial score (nSPS) is 26.0. The molecular weight excluding hydrogens is 388 g/mol. The highest BCUT2D eigenvalue weighted by Gasteiger charge is 2.61. The van der Waals surface area contributed by atoms with Crippen LogP contribution in [0.5, 0.6) is 0 Å². The number of nitrogen functional groups attached to an aromatic ring is 1. The lowest BCUT2D eigenvalue weighted by atomic mass is 9.84. The molecule has 2 aromatic carbocycles. The first-order valence-electron chi connectivity index (χ1n) is 10.8. The summed E-state index contributed by atoms with van der Waals surface area (Å²) in [5, 5.41) is 7.64. The third kappa shape index (κ3) is 3.76. The first-order valence-corrected chi connectivity index (χ1v) is 10.8. The molecular formula is C25H30N4O2.